The van der Waals surface area contributed by atoms with Crippen LogP contribution < -0.4 is 0 Å². The number of nitrogens with zero attached hydrogens (tertiary/aromatic N) is 2. The largest absolute Gasteiger partial charge is 0.379 e. The first-order valence-electron chi connectivity index (χ1n) is 6.19. The summed E-state index contributed by atoms with van der Waals surface area (Å²) in [7, 11) is 0. The normalized spacial score (nSPS) is 17.5. The molecule has 0 unspecified atom stereocenters. The number of hydrogen-bond donors (Lipinski definition) is 0. The number of thiazole rings is 1. The molecule has 17 heavy (non-hydrogen) atoms. The molecule has 0 bridgehead atoms. The lowest BCUT2D eigenvalue weighted by molar-refractivity contribution is 0.0410. The van der Waals surface area contributed by atoms with E-state index in [1.807, 2.05) is 11.8 Å². The van der Waals surface area contributed by atoms with Crippen molar-refractivity contribution in [1.82, 2.24) is 9.88 Å². The van der Waals surface area contributed by atoms with Gasteiger partial charge in [0.05, 0.1) is 23.9 Å². The summed E-state index contributed by atoms with van der Waals surface area (Å²) in [6.07, 6.45) is 1.06. The zero-order valence-corrected chi connectivity index (χ0v) is 12.0. The van der Waals surface area contributed by atoms with Crippen molar-refractivity contribution < 1.29 is 4.74 Å². The Morgan fingerprint density at radius 3 is 3.00 bits per heavy atom. The maximum Gasteiger partial charge on any atom is 0.0925 e. The van der Waals surface area contributed by atoms with Crippen LogP contribution in [-0.4, -0.2) is 48.5 Å². The Labute approximate surface area is 112 Å². The van der Waals surface area contributed by atoms with Gasteiger partial charge >= 0.3 is 0 Å². The van der Waals surface area contributed by atoms with Crippen molar-refractivity contribution in [3.05, 3.63) is 16.1 Å². The fraction of sp³-hybridized carbons (Fsp3) is 0.750. The molecule has 96 valence electrons. The van der Waals surface area contributed by atoms with E-state index in [0.717, 1.165) is 38.5 Å². The highest BCUT2D eigenvalue weighted by atomic mass is 32.2. The number of thioether (sulfide) groups is 1. The molecule has 0 saturated carbocycles. The predicted molar refractivity (Wildman–Crippen MR) is 74.9 cm³/mol. The summed E-state index contributed by atoms with van der Waals surface area (Å²) in [5.74, 6) is 2.25. The van der Waals surface area contributed by atoms with E-state index in [-0.39, 0.29) is 0 Å². The van der Waals surface area contributed by atoms with Crippen LogP contribution in [-0.2, 0) is 16.9 Å². The molecule has 0 amide bonds. The van der Waals surface area contributed by atoms with Crippen LogP contribution in [0.25, 0.3) is 0 Å². The van der Waals surface area contributed by atoms with Crippen LogP contribution in [0.2, 0.25) is 0 Å². The molecule has 0 radical (unpaired) electrons. The number of aromatic nitrogens is 1. The number of aryl methyl sites for hydroxylation is 1. The topological polar surface area (TPSA) is 25.4 Å². The number of rotatable bonds is 6. The van der Waals surface area contributed by atoms with E-state index >= 15 is 0 Å². The minimum atomic E-state index is 0.899. The Kier molecular flexibility index (Phi) is 5.77. The van der Waals surface area contributed by atoms with E-state index < -0.39 is 0 Å². The minimum Gasteiger partial charge on any atom is -0.379 e. The average molecular weight is 272 g/mol. The van der Waals surface area contributed by atoms with Gasteiger partial charge < -0.3 is 4.74 Å². The molecule has 0 atom stereocenters. The average Bonchev–Trinajstić information content (AvgIpc) is 2.84. The standard InChI is InChI=1S/C12H20N2OS2/c1-2-12-13-11(10-17-12)9-16-8-5-14-3-6-15-7-4-14/h10H,2-9H2,1H3. The molecule has 1 aromatic rings. The van der Waals surface area contributed by atoms with Crippen molar-refractivity contribution in [2.45, 2.75) is 19.1 Å². The second kappa shape index (κ2) is 7.36. The zero-order valence-electron chi connectivity index (χ0n) is 10.4. The second-order valence-electron chi connectivity index (χ2n) is 4.09. The third-order valence-electron chi connectivity index (χ3n) is 2.81. The maximum absolute atomic E-state index is 5.33. The number of hydrogen-bond acceptors (Lipinski definition) is 5. The molecule has 1 aliphatic heterocycles. The molecule has 1 saturated heterocycles. The lowest BCUT2D eigenvalue weighted by atomic mass is 10.4. The summed E-state index contributed by atoms with van der Waals surface area (Å²) >= 11 is 3.77. The molecule has 0 spiro atoms. The van der Waals surface area contributed by atoms with Crippen LogP contribution in [0.5, 0.6) is 0 Å². The van der Waals surface area contributed by atoms with Gasteiger partial charge in [0.2, 0.25) is 0 Å². The van der Waals surface area contributed by atoms with Crippen LogP contribution in [0, 0.1) is 0 Å². The van der Waals surface area contributed by atoms with Gasteiger partial charge in [-0.1, -0.05) is 6.92 Å². The van der Waals surface area contributed by atoms with Crippen molar-refractivity contribution in [2.75, 3.05) is 38.6 Å². The molecule has 0 aliphatic carbocycles. The van der Waals surface area contributed by atoms with Gasteiger partial charge in [-0.2, -0.15) is 11.8 Å². The highest BCUT2D eigenvalue weighted by molar-refractivity contribution is 7.98. The molecular weight excluding hydrogens is 252 g/mol. The number of ether oxygens (including phenoxy) is 1. The second-order valence-corrected chi connectivity index (χ2v) is 6.14. The first-order chi connectivity index (χ1) is 8.38. The Balaban J connectivity index is 1.59. The van der Waals surface area contributed by atoms with Crippen LogP contribution in [0.1, 0.15) is 17.6 Å². The molecule has 0 N–H and O–H groups in total. The molecule has 2 heterocycles. The van der Waals surface area contributed by atoms with Crippen molar-refractivity contribution in [3.8, 4) is 0 Å². The van der Waals surface area contributed by atoms with Gasteiger partial charge in [0.25, 0.3) is 0 Å². The van der Waals surface area contributed by atoms with Crippen molar-refractivity contribution in [3.63, 3.8) is 0 Å². The van der Waals surface area contributed by atoms with Gasteiger partial charge in [-0.05, 0) is 6.42 Å². The third-order valence-corrected chi connectivity index (χ3v) is 4.82. The van der Waals surface area contributed by atoms with Gasteiger partial charge in [-0.15, -0.1) is 11.3 Å². The van der Waals surface area contributed by atoms with E-state index in [1.54, 1.807) is 11.3 Å². The first-order valence-corrected chi connectivity index (χ1v) is 8.23. The number of morpholine rings is 1. The highest BCUT2D eigenvalue weighted by Gasteiger charge is 2.09. The van der Waals surface area contributed by atoms with Crippen LogP contribution in [0.15, 0.2) is 5.38 Å². The summed E-state index contributed by atoms with van der Waals surface area (Å²) < 4.78 is 5.33. The molecule has 3 nitrogen and oxygen atoms in total. The fourth-order valence-electron chi connectivity index (χ4n) is 1.77. The SMILES string of the molecule is CCc1nc(CSCCN2CCOCC2)cs1. The monoisotopic (exact) mass is 272 g/mol. The van der Waals surface area contributed by atoms with Crippen molar-refractivity contribution >= 4 is 23.1 Å². The molecule has 1 aliphatic rings. The highest BCUT2D eigenvalue weighted by Crippen LogP contribution is 2.16. The Bertz CT molecular complexity index is 324. The quantitative estimate of drug-likeness (QED) is 0.742. The van der Waals surface area contributed by atoms with Gasteiger partial charge in [-0.25, -0.2) is 4.98 Å². The third kappa shape index (κ3) is 4.58. The van der Waals surface area contributed by atoms with Crippen molar-refractivity contribution in [1.29, 1.82) is 0 Å². The van der Waals surface area contributed by atoms with Gasteiger partial charge in [-0.3, -0.25) is 4.90 Å². The smallest absolute Gasteiger partial charge is 0.0925 e. The van der Waals surface area contributed by atoms with E-state index in [1.165, 1.54) is 23.0 Å². The predicted octanol–water partition coefficient (Wildman–Crippen LogP) is 2.27. The summed E-state index contributed by atoms with van der Waals surface area (Å²) in [6, 6.07) is 0. The summed E-state index contributed by atoms with van der Waals surface area (Å²) in [5, 5.41) is 3.45. The first kappa shape index (κ1) is 13.3. The van der Waals surface area contributed by atoms with Crippen LogP contribution in [0.4, 0.5) is 0 Å². The van der Waals surface area contributed by atoms with Crippen LogP contribution >= 0.6 is 23.1 Å². The van der Waals surface area contributed by atoms with Gasteiger partial charge in [0.15, 0.2) is 0 Å². The summed E-state index contributed by atoms with van der Waals surface area (Å²) in [5.41, 5.74) is 1.25. The van der Waals surface area contributed by atoms with E-state index in [0.29, 0.717) is 0 Å². The lowest BCUT2D eigenvalue weighted by Gasteiger charge is -2.26. The molecular formula is C12H20N2OS2. The zero-order chi connectivity index (χ0) is 11.9. The lowest BCUT2D eigenvalue weighted by Crippen LogP contribution is -2.37. The van der Waals surface area contributed by atoms with Crippen molar-refractivity contribution in [2.24, 2.45) is 0 Å². The maximum atomic E-state index is 5.33. The van der Waals surface area contributed by atoms with E-state index in [4.69, 9.17) is 4.74 Å². The van der Waals surface area contributed by atoms with E-state index in [2.05, 4.69) is 22.2 Å². The molecule has 5 heteroatoms. The summed E-state index contributed by atoms with van der Waals surface area (Å²) in [6.45, 7) is 7.33. The Morgan fingerprint density at radius 1 is 1.47 bits per heavy atom. The molecule has 0 aromatic carbocycles. The molecule has 1 aromatic heterocycles. The molecule has 1 fully saturated rings. The Morgan fingerprint density at radius 2 is 2.29 bits per heavy atom. The summed E-state index contributed by atoms with van der Waals surface area (Å²) in [4.78, 5) is 7.06. The minimum absolute atomic E-state index is 0.899. The van der Waals surface area contributed by atoms with Gasteiger partial charge in [0, 0.05) is 36.5 Å². The van der Waals surface area contributed by atoms with E-state index in [9.17, 15) is 0 Å². The fourth-order valence-corrected chi connectivity index (χ4v) is 3.51. The molecule has 2 rings (SSSR count). The van der Waals surface area contributed by atoms with Crippen LogP contribution in [0.3, 0.4) is 0 Å². The van der Waals surface area contributed by atoms with Gasteiger partial charge in [0.1, 0.15) is 0 Å². The Hall–Kier alpha value is -0.100.